The van der Waals surface area contributed by atoms with Gasteiger partial charge < -0.3 is 4.90 Å². The molecule has 5 heteroatoms. The molecule has 0 aromatic heterocycles. The monoisotopic (exact) mass is 402 g/mol. The Kier molecular flexibility index (Phi) is 6.59. The Morgan fingerprint density at radius 3 is 2.19 bits per heavy atom. The van der Waals surface area contributed by atoms with Crippen molar-refractivity contribution >= 4 is 35.2 Å². The van der Waals surface area contributed by atoms with Crippen LogP contribution in [0.1, 0.15) is 25.0 Å². The molecule has 1 fully saturated rings. The highest BCUT2D eigenvalue weighted by Crippen LogP contribution is 2.20. The highest BCUT2D eigenvalue weighted by molar-refractivity contribution is 6.30. The van der Waals surface area contributed by atoms with Gasteiger partial charge in [0.05, 0.1) is 0 Å². The third-order valence-electron chi connectivity index (χ3n) is 4.99. The smallest absolute Gasteiger partial charge is 0.246 e. The van der Waals surface area contributed by atoms with Crippen LogP contribution in [0, 0.1) is 0 Å². The summed E-state index contributed by atoms with van der Waals surface area (Å²) >= 11 is 11.9. The quantitative estimate of drug-likeness (QED) is 0.661. The van der Waals surface area contributed by atoms with Crippen LogP contribution in [0.15, 0.2) is 54.6 Å². The molecule has 142 valence electrons. The zero-order valence-corrected chi connectivity index (χ0v) is 17.1. The van der Waals surface area contributed by atoms with Crippen molar-refractivity contribution in [2.45, 2.75) is 32.5 Å². The second-order valence-corrected chi connectivity index (χ2v) is 8.00. The van der Waals surface area contributed by atoms with Crippen molar-refractivity contribution in [3.05, 3.63) is 75.8 Å². The van der Waals surface area contributed by atoms with Crippen LogP contribution in [0.5, 0.6) is 0 Å². The number of rotatable bonds is 4. The number of carbonyl (C=O) groups excluding carboxylic acids is 1. The number of halogens is 2. The fraction of sp³-hybridized carbons (Fsp3) is 0.318. The number of amides is 1. The van der Waals surface area contributed by atoms with Crippen molar-refractivity contribution in [1.82, 2.24) is 9.80 Å². The molecule has 1 saturated heterocycles. The lowest BCUT2D eigenvalue weighted by Gasteiger charge is -2.44. The Hall–Kier alpha value is -1.81. The molecule has 0 unspecified atom stereocenters. The van der Waals surface area contributed by atoms with Gasteiger partial charge in [-0.2, -0.15) is 0 Å². The largest absolute Gasteiger partial charge is 0.334 e. The molecule has 3 rings (SSSR count). The molecule has 27 heavy (non-hydrogen) atoms. The van der Waals surface area contributed by atoms with Crippen LogP contribution in [0.3, 0.4) is 0 Å². The predicted molar refractivity (Wildman–Crippen MR) is 113 cm³/mol. The van der Waals surface area contributed by atoms with Crippen LogP contribution in [0.25, 0.3) is 6.08 Å². The molecule has 3 nitrogen and oxygen atoms in total. The third kappa shape index (κ3) is 5.35. The molecule has 2 aromatic rings. The molecule has 1 amide bonds. The van der Waals surface area contributed by atoms with E-state index in [4.69, 9.17) is 23.2 Å². The van der Waals surface area contributed by atoms with Gasteiger partial charge in [0, 0.05) is 47.8 Å². The molecular weight excluding hydrogens is 379 g/mol. The van der Waals surface area contributed by atoms with Crippen LogP contribution in [0.4, 0.5) is 0 Å². The van der Waals surface area contributed by atoms with Gasteiger partial charge >= 0.3 is 0 Å². The van der Waals surface area contributed by atoms with Crippen LogP contribution >= 0.6 is 23.2 Å². The molecule has 0 saturated carbocycles. The molecule has 0 bridgehead atoms. The molecule has 2 atom stereocenters. The Labute approximate surface area is 171 Å². The highest BCUT2D eigenvalue weighted by Gasteiger charge is 2.30. The Bertz CT molecular complexity index is 802. The van der Waals surface area contributed by atoms with Crippen molar-refractivity contribution in [1.29, 1.82) is 0 Å². The Morgan fingerprint density at radius 1 is 0.963 bits per heavy atom. The van der Waals surface area contributed by atoms with Gasteiger partial charge in [-0.25, -0.2) is 0 Å². The Balaban J connectivity index is 1.61. The first-order valence-corrected chi connectivity index (χ1v) is 9.90. The summed E-state index contributed by atoms with van der Waals surface area (Å²) in [6.45, 7) is 6.72. The van der Waals surface area contributed by atoms with E-state index in [9.17, 15) is 4.79 Å². The molecule has 1 aliphatic rings. The number of hydrogen-bond acceptors (Lipinski definition) is 2. The van der Waals surface area contributed by atoms with E-state index in [1.165, 1.54) is 5.56 Å². The summed E-state index contributed by atoms with van der Waals surface area (Å²) < 4.78 is 0. The average Bonchev–Trinajstić information content (AvgIpc) is 2.65. The van der Waals surface area contributed by atoms with Gasteiger partial charge in [-0.05, 0) is 55.3 Å². The lowest BCUT2D eigenvalue weighted by Crippen LogP contribution is -2.57. The van der Waals surface area contributed by atoms with Crippen molar-refractivity contribution in [3.8, 4) is 0 Å². The summed E-state index contributed by atoms with van der Waals surface area (Å²) in [6.07, 6.45) is 3.50. The molecule has 0 radical (unpaired) electrons. The maximum Gasteiger partial charge on any atom is 0.246 e. The van der Waals surface area contributed by atoms with Gasteiger partial charge in [0.1, 0.15) is 0 Å². The van der Waals surface area contributed by atoms with E-state index in [0.29, 0.717) is 11.1 Å². The SMILES string of the molecule is C[C@@H]1CN(C(=O)C=Cc2ccc(Cl)cc2)[C@@H](C)CN1Cc1ccc(Cl)cc1. The molecule has 1 heterocycles. The molecular formula is C22H24Cl2N2O. The van der Waals surface area contributed by atoms with E-state index < -0.39 is 0 Å². The number of carbonyl (C=O) groups is 1. The van der Waals surface area contributed by atoms with E-state index >= 15 is 0 Å². The van der Waals surface area contributed by atoms with Gasteiger partial charge in [-0.1, -0.05) is 47.5 Å². The minimum Gasteiger partial charge on any atom is -0.334 e. The van der Waals surface area contributed by atoms with E-state index in [2.05, 4.69) is 30.9 Å². The normalized spacial score (nSPS) is 21.0. The number of hydrogen-bond donors (Lipinski definition) is 0. The van der Waals surface area contributed by atoms with Crippen molar-refractivity contribution < 1.29 is 4.79 Å². The lowest BCUT2D eigenvalue weighted by atomic mass is 10.1. The van der Waals surface area contributed by atoms with Crippen LogP contribution in [-0.2, 0) is 11.3 Å². The first-order chi connectivity index (χ1) is 12.9. The summed E-state index contributed by atoms with van der Waals surface area (Å²) in [4.78, 5) is 17.0. The van der Waals surface area contributed by atoms with Gasteiger partial charge in [-0.15, -0.1) is 0 Å². The summed E-state index contributed by atoms with van der Waals surface area (Å²) in [7, 11) is 0. The maximum atomic E-state index is 12.7. The second-order valence-electron chi connectivity index (χ2n) is 7.13. The van der Waals surface area contributed by atoms with E-state index in [1.807, 2.05) is 47.4 Å². The van der Waals surface area contributed by atoms with Gasteiger partial charge in [0.25, 0.3) is 0 Å². The van der Waals surface area contributed by atoms with Crippen LogP contribution in [0.2, 0.25) is 10.0 Å². The predicted octanol–water partition coefficient (Wildman–Crippen LogP) is 5.13. The summed E-state index contributed by atoms with van der Waals surface area (Å²) in [5.74, 6) is 0.0513. The van der Waals surface area contributed by atoms with E-state index in [-0.39, 0.29) is 11.9 Å². The number of benzene rings is 2. The first-order valence-electron chi connectivity index (χ1n) is 9.15. The van der Waals surface area contributed by atoms with Crippen molar-refractivity contribution in [2.24, 2.45) is 0 Å². The lowest BCUT2D eigenvalue weighted by molar-refractivity contribution is -0.131. The summed E-state index contributed by atoms with van der Waals surface area (Å²) in [6, 6.07) is 15.9. The topological polar surface area (TPSA) is 23.6 Å². The van der Waals surface area contributed by atoms with E-state index in [0.717, 1.165) is 30.2 Å². The number of piperazine rings is 1. The maximum absolute atomic E-state index is 12.7. The average molecular weight is 403 g/mol. The van der Waals surface area contributed by atoms with Crippen LogP contribution < -0.4 is 0 Å². The molecule has 0 N–H and O–H groups in total. The third-order valence-corrected chi connectivity index (χ3v) is 5.49. The van der Waals surface area contributed by atoms with Crippen molar-refractivity contribution in [3.63, 3.8) is 0 Å². The fourth-order valence-corrected chi connectivity index (χ4v) is 3.64. The van der Waals surface area contributed by atoms with Crippen LogP contribution in [-0.4, -0.2) is 40.9 Å². The van der Waals surface area contributed by atoms with Gasteiger partial charge in [-0.3, -0.25) is 9.69 Å². The van der Waals surface area contributed by atoms with Gasteiger partial charge in [0.2, 0.25) is 5.91 Å². The zero-order chi connectivity index (χ0) is 19.4. The standard InChI is InChI=1S/C22H24Cl2N2O/c1-16-14-26(22(27)12-7-18-3-8-20(23)9-4-18)17(2)13-25(16)15-19-5-10-21(24)11-6-19/h3-12,16-17H,13-15H2,1-2H3/t16-,17+/m1/s1. The molecule has 2 aromatic carbocycles. The zero-order valence-electron chi connectivity index (χ0n) is 15.6. The number of nitrogens with zero attached hydrogens (tertiary/aromatic N) is 2. The van der Waals surface area contributed by atoms with Crippen molar-refractivity contribution in [2.75, 3.05) is 13.1 Å². The molecule has 1 aliphatic heterocycles. The Morgan fingerprint density at radius 2 is 1.56 bits per heavy atom. The first kappa shape index (κ1) is 19.9. The summed E-state index contributed by atoms with van der Waals surface area (Å²) in [5, 5.41) is 1.45. The molecule has 0 spiro atoms. The second kappa shape index (κ2) is 8.92. The minimum absolute atomic E-state index is 0.0513. The fourth-order valence-electron chi connectivity index (χ4n) is 3.39. The minimum atomic E-state index is 0.0513. The van der Waals surface area contributed by atoms with E-state index in [1.54, 1.807) is 6.08 Å². The summed E-state index contributed by atoms with van der Waals surface area (Å²) in [5.41, 5.74) is 2.20. The molecule has 0 aliphatic carbocycles. The van der Waals surface area contributed by atoms with Gasteiger partial charge in [0.15, 0.2) is 0 Å². The highest BCUT2D eigenvalue weighted by atomic mass is 35.5.